The molecule has 0 saturated heterocycles. The smallest absolute Gasteiger partial charge is 0.315 e. The number of aliphatic carboxylic acids is 1. The monoisotopic (exact) mass is 298 g/mol. The Bertz CT molecular complexity index is 557. The van der Waals surface area contributed by atoms with Crippen LogP contribution < -0.4 is 5.32 Å². The molecular weight excluding hydrogens is 284 g/mol. The molecule has 0 saturated carbocycles. The normalized spacial score (nSPS) is 11.6. The summed E-state index contributed by atoms with van der Waals surface area (Å²) in [7, 11) is 3.16. The highest BCUT2D eigenvalue weighted by Gasteiger charge is 2.21. The van der Waals surface area contributed by atoms with Gasteiger partial charge >= 0.3 is 5.97 Å². The number of benzene rings is 1. The zero-order valence-corrected chi connectivity index (χ0v) is 12.1. The fourth-order valence-corrected chi connectivity index (χ4v) is 1.57. The molecule has 108 valence electrons. The van der Waals surface area contributed by atoms with Crippen LogP contribution in [0, 0.1) is 5.92 Å². The van der Waals surface area contributed by atoms with Gasteiger partial charge in [0.15, 0.2) is 0 Å². The van der Waals surface area contributed by atoms with Gasteiger partial charge in [-0.15, -0.1) is 0 Å². The molecule has 0 spiro atoms. The third-order valence-electron chi connectivity index (χ3n) is 2.63. The van der Waals surface area contributed by atoms with Crippen molar-refractivity contribution in [3.8, 4) is 0 Å². The van der Waals surface area contributed by atoms with Crippen LogP contribution in [-0.2, 0) is 9.59 Å². The zero-order valence-electron chi connectivity index (χ0n) is 11.3. The molecule has 20 heavy (non-hydrogen) atoms. The van der Waals surface area contributed by atoms with Gasteiger partial charge in [0.1, 0.15) is 5.92 Å². The zero-order chi connectivity index (χ0) is 15.4. The lowest BCUT2D eigenvalue weighted by Gasteiger charge is -2.14. The topological polar surface area (TPSA) is 86.7 Å². The van der Waals surface area contributed by atoms with E-state index >= 15 is 0 Å². The number of hydrogen-bond donors (Lipinski definition) is 2. The van der Waals surface area contributed by atoms with E-state index in [0.717, 1.165) is 0 Å². The molecule has 0 aliphatic heterocycles. The van der Waals surface area contributed by atoms with Gasteiger partial charge < -0.3 is 15.3 Å². The highest BCUT2D eigenvalue weighted by Crippen LogP contribution is 2.22. The molecule has 0 bridgehead atoms. The predicted octanol–water partition coefficient (Wildman–Crippen LogP) is 1.70. The first-order valence-corrected chi connectivity index (χ1v) is 6.16. The number of carboxylic acids is 1. The third kappa shape index (κ3) is 3.71. The Balaban J connectivity index is 2.99. The fraction of sp³-hybridized carbons (Fsp3) is 0.308. The number of halogens is 1. The number of anilines is 1. The lowest BCUT2D eigenvalue weighted by molar-refractivity contribution is -0.144. The molecule has 1 unspecified atom stereocenters. The second-order valence-electron chi connectivity index (χ2n) is 4.44. The van der Waals surface area contributed by atoms with E-state index in [9.17, 15) is 14.4 Å². The number of nitrogens with one attached hydrogen (secondary N) is 1. The highest BCUT2D eigenvalue weighted by atomic mass is 35.5. The van der Waals surface area contributed by atoms with Crippen molar-refractivity contribution in [2.24, 2.45) is 5.92 Å². The van der Waals surface area contributed by atoms with Gasteiger partial charge in [-0.05, 0) is 25.1 Å². The molecule has 0 radical (unpaired) electrons. The second kappa shape index (κ2) is 6.38. The van der Waals surface area contributed by atoms with Gasteiger partial charge in [0, 0.05) is 19.8 Å². The van der Waals surface area contributed by atoms with E-state index in [4.69, 9.17) is 16.7 Å². The Morgan fingerprint density at radius 2 is 1.90 bits per heavy atom. The van der Waals surface area contributed by atoms with Crippen molar-refractivity contribution in [1.82, 2.24) is 4.90 Å². The van der Waals surface area contributed by atoms with E-state index < -0.39 is 17.8 Å². The SMILES string of the molecule is CC(C(=O)O)C(=O)Nc1ccc(Cl)c(C(=O)N(C)C)c1. The lowest BCUT2D eigenvalue weighted by atomic mass is 10.1. The summed E-state index contributed by atoms with van der Waals surface area (Å²) in [5.41, 5.74) is 0.551. The minimum absolute atomic E-state index is 0.234. The summed E-state index contributed by atoms with van der Waals surface area (Å²) in [5, 5.41) is 11.4. The molecule has 1 aromatic rings. The summed E-state index contributed by atoms with van der Waals surface area (Å²) < 4.78 is 0. The summed E-state index contributed by atoms with van der Waals surface area (Å²) in [6.07, 6.45) is 0. The van der Waals surface area contributed by atoms with Gasteiger partial charge in [0.05, 0.1) is 10.6 Å². The van der Waals surface area contributed by atoms with Gasteiger partial charge in [-0.3, -0.25) is 14.4 Å². The first-order chi connectivity index (χ1) is 9.23. The van der Waals surface area contributed by atoms with Crippen LogP contribution in [0.4, 0.5) is 5.69 Å². The third-order valence-corrected chi connectivity index (χ3v) is 2.96. The van der Waals surface area contributed by atoms with Crippen molar-refractivity contribution in [1.29, 1.82) is 0 Å². The van der Waals surface area contributed by atoms with E-state index in [2.05, 4.69) is 5.32 Å². The molecular formula is C13H15ClN2O4. The van der Waals surface area contributed by atoms with Crippen molar-refractivity contribution >= 4 is 35.1 Å². The number of carbonyl (C=O) groups excluding carboxylic acids is 2. The first-order valence-electron chi connectivity index (χ1n) is 5.79. The van der Waals surface area contributed by atoms with Crippen molar-refractivity contribution in [2.75, 3.05) is 19.4 Å². The molecule has 1 atom stereocenters. The van der Waals surface area contributed by atoms with Crippen molar-refractivity contribution in [3.05, 3.63) is 28.8 Å². The molecule has 7 heteroatoms. The minimum Gasteiger partial charge on any atom is -0.481 e. The van der Waals surface area contributed by atoms with Crippen LogP contribution in [0.3, 0.4) is 0 Å². The van der Waals surface area contributed by atoms with Gasteiger partial charge in [0.25, 0.3) is 5.91 Å². The Hall–Kier alpha value is -2.08. The van der Waals surface area contributed by atoms with E-state index in [1.807, 2.05) is 0 Å². The van der Waals surface area contributed by atoms with Gasteiger partial charge in [-0.1, -0.05) is 11.6 Å². The largest absolute Gasteiger partial charge is 0.481 e. The summed E-state index contributed by atoms with van der Waals surface area (Å²) in [6.45, 7) is 1.28. The van der Waals surface area contributed by atoms with Gasteiger partial charge in [0.2, 0.25) is 5.91 Å². The molecule has 2 amide bonds. The molecule has 0 aromatic heterocycles. The van der Waals surface area contributed by atoms with Crippen molar-refractivity contribution in [3.63, 3.8) is 0 Å². The number of rotatable bonds is 4. The lowest BCUT2D eigenvalue weighted by Crippen LogP contribution is -2.27. The summed E-state index contributed by atoms with van der Waals surface area (Å²) in [5.74, 6) is -3.37. The molecule has 2 N–H and O–H groups in total. The minimum atomic E-state index is -1.22. The number of nitrogens with zero attached hydrogens (tertiary/aromatic N) is 1. The molecule has 0 aliphatic rings. The van der Waals surface area contributed by atoms with E-state index in [1.165, 1.54) is 30.0 Å². The van der Waals surface area contributed by atoms with Crippen LogP contribution in [-0.4, -0.2) is 41.9 Å². The van der Waals surface area contributed by atoms with E-state index in [-0.39, 0.29) is 16.5 Å². The average molecular weight is 299 g/mol. The standard InChI is InChI=1S/C13H15ClN2O4/c1-7(13(19)20)11(17)15-8-4-5-10(14)9(6-8)12(18)16(2)3/h4-7H,1-3H3,(H,15,17)(H,19,20). The molecule has 0 aliphatic carbocycles. The maximum atomic E-state index is 11.9. The average Bonchev–Trinajstić information content (AvgIpc) is 2.38. The first kappa shape index (κ1) is 16.0. The quantitative estimate of drug-likeness (QED) is 0.828. The summed E-state index contributed by atoms with van der Waals surface area (Å²) >= 11 is 5.93. The van der Waals surface area contributed by atoms with Crippen LogP contribution in [0.15, 0.2) is 18.2 Å². The Labute approximate surface area is 121 Å². The molecule has 0 heterocycles. The van der Waals surface area contributed by atoms with Crippen LogP contribution in [0.25, 0.3) is 0 Å². The second-order valence-corrected chi connectivity index (χ2v) is 4.85. The van der Waals surface area contributed by atoms with Gasteiger partial charge in [-0.25, -0.2) is 0 Å². The number of carbonyl (C=O) groups is 3. The Morgan fingerprint density at radius 3 is 2.40 bits per heavy atom. The highest BCUT2D eigenvalue weighted by molar-refractivity contribution is 6.34. The number of hydrogen-bond acceptors (Lipinski definition) is 3. The van der Waals surface area contributed by atoms with Crippen LogP contribution in [0.2, 0.25) is 5.02 Å². The van der Waals surface area contributed by atoms with Gasteiger partial charge in [-0.2, -0.15) is 0 Å². The number of amides is 2. The van der Waals surface area contributed by atoms with E-state index in [1.54, 1.807) is 14.1 Å². The fourth-order valence-electron chi connectivity index (χ4n) is 1.37. The maximum absolute atomic E-state index is 11.9. The van der Waals surface area contributed by atoms with Crippen molar-refractivity contribution < 1.29 is 19.5 Å². The molecule has 1 rings (SSSR count). The van der Waals surface area contributed by atoms with Crippen LogP contribution in [0.5, 0.6) is 0 Å². The van der Waals surface area contributed by atoms with Crippen molar-refractivity contribution in [2.45, 2.75) is 6.92 Å². The molecule has 1 aromatic carbocycles. The van der Waals surface area contributed by atoms with Crippen LogP contribution in [0.1, 0.15) is 17.3 Å². The Morgan fingerprint density at radius 1 is 1.30 bits per heavy atom. The van der Waals surface area contributed by atoms with Crippen LogP contribution >= 0.6 is 11.6 Å². The maximum Gasteiger partial charge on any atom is 0.315 e. The Kier molecular flexibility index (Phi) is 5.10. The molecule has 6 nitrogen and oxygen atoms in total. The molecule has 0 fully saturated rings. The van der Waals surface area contributed by atoms with E-state index in [0.29, 0.717) is 5.69 Å². The predicted molar refractivity (Wildman–Crippen MR) is 74.9 cm³/mol. The summed E-state index contributed by atoms with van der Waals surface area (Å²) in [4.78, 5) is 35.6. The summed E-state index contributed by atoms with van der Waals surface area (Å²) in [6, 6.07) is 4.39. The number of carboxylic acid groups (broad SMARTS) is 1.